The van der Waals surface area contributed by atoms with Gasteiger partial charge in [-0.25, -0.2) is 4.83 Å². The van der Waals surface area contributed by atoms with Crippen molar-refractivity contribution in [3.05, 3.63) is 75.4 Å². The lowest BCUT2D eigenvalue weighted by atomic mass is 10.1. The lowest BCUT2D eigenvalue weighted by Crippen LogP contribution is -2.18. The van der Waals surface area contributed by atoms with Crippen LogP contribution in [0.4, 0.5) is 5.69 Å². The van der Waals surface area contributed by atoms with Gasteiger partial charge in [-0.2, -0.15) is 18.6 Å². The van der Waals surface area contributed by atoms with Crippen LogP contribution in [0.5, 0.6) is 0 Å². The Morgan fingerprint density at radius 1 is 1.22 bits per heavy atom. The lowest BCUT2D eigenvalue weighted by molar-refractivity contribution is -0.385. The number of H-pyrrole nitrogens is 1. The number of aromatic amines is 1. The first-order valence-corrected chi connectivity index (χ1v) is 9.31. The first kappa shape index (κ1) is 18.5. The number of hydrazone groups is 1. The third-order valence-electron chi connectivity index (χ3n) is 3.52. The maximum Gasteiger partial charge on any atom is 0.276 e. The number of hydrogen-bond donors (Lipinski definition) is 2. The van der Waals surface area contributed by atoms with Gasteiger partial charge >= 0.3 is 0 Å². The predicted octanol–water partition coefficient (Wildman–Crippen LogP) is 2.95. The molecule has 0 atom stereocenters. The third kappa shape index (κ3) is 4.30. The van der Waals surface area contributed by atoms with Gasteiger partial charge in [0.2, 0.25) is 0 Å². The lowest BCUT2D eigenvalue weighted by Gasteiger charge is -2.03. The zero-order valence-electron chi connectivity index (χ0n) is 13.5. The Morgan fingerprint density at radius 3 is 2.67 bits per heavy atom. The minimum absolute atomic E-state index is 0.265. The summed E-state index contributed by atoms with van der Waals surface area (Å²) in [7, 11) is -4.05. The van der Waals surface area contributed by atoms with E-state index in [1.165, 1.54) is 30.6 Å². The van der Waals surface area contributed by atoms with E-state index in [2.05, 4.69) is 15.3 Å². The minimum Gasteiger partial charge on any atom is -0.277 e. The second-order valence-electron chi connectivity index (χ2n) is 5.31. The van der Waals surface area contributed by atoms with Gasteiger partial charge in [-0.05, 0) is 18.2 Å². The van der Waals surface area contributed by atoms with Crippen LogP contribution in [-0.4, -0.2) is 29.8 Å². The Morgan fingerprint density at radius 2 is 1.96 bits per heavy atom. The molecular weight excluding hydrogens is 394 g/mol. The molecule has 138 valence electrons. The molecule has 27 heavy (non-hydrogen) atoms. The summed E-state index contributed by atoms with van der Waals surface area (Å²) in [5, 5.41) is 21.8. The topological polar surface area (TPSA) is 130 Å². The van der Waals surface area contributed by atoms with E-state index in [0.717, 1.165) is 11.6 Å². The number of benzene rings is 2. The number of nitrogens with one attached hydrogen (secondary N) is 2. The van der Waals surface area contributed by atoms with Crippen LogP contribution in [0.25, 0.3) is 11.3 Å². The number of nitro groups is 1. The average molecular weight is 406 g/mol. The summed E-state index contributed by atoms with van der Waals surface area (Å²) in [6.07, 6.45) is 2.76. The number of nitrogens with zero attached hydrogens (tertiary/aromatic N) is 3. The van der Waals surface area contributed by atoms with Gasteiger partial charge in [0.25, 0.3) is 15.7 Å². The molecular formula is C16H12ClN5O4S. The molecule has 0 aliphatic rings. The molecule has 2 N–H and O–H groups in total. The van der Waals surface area contributed by atoms with Crippen LogP contribution >= 0.6 is 11.6 Å². The number of sulfonamides is 1. The number of non-ortho nitro benzene ring substituents is 1. The van der Waals surface area contributed by atoms with E-state index >= 15 is 0 Å². The second-order valence-corrected chi connectivity index (χ2v) is 7.41. The van der Waals surface area contributed by atoms with Crippen molar-refractivity contribution in [1.82, 2.24) is 15.0 Å². The summed E-state index contributed by atoms with van der Waals surface area (Å²) in [4.78, 5) is 11.9. The summed E-state index contributed by atoms with van der Waals surface area (Å²) in [5.41, 5.74) is 1.63. The molecule has 1 heterocycles. The predicted molar refractivity (Wildman–Crippen MR) is 100 cm³/mol. The smallest absolute Gasteiger partial charge is 0.276 e. The van der Waals surface area contributed by atoms with Crippen molar-refractivity contribution in [3.63, 3.8) is 0 Å². The summed E-state index contributed by atoms with van der Waals surface area (Å²) in [6, 6.07) is 11.7. The highest BCUT2D eigenvalue weighted by Gasteiger charge is 2.17. The van der Waals surface area contributed by atoms with E-state index in [9.17, 15) is 18.5 Å². The Hall–Kier alpha value is -3.24. The maximum absolute atomic E-state index is 12.2. The molecule has 0 spiro atoms. The number of nitro benzene ring substituents is 1. The molecule has 0 amide bonds. The highest BCUT2D eigenvalue weighted by Crippen LogP contribution is 2.22. The molecule has 0 bridgehead atoms. The fourth-order valence-electron chi connectivity index (χ4n) is 2.22. The summed E-state index contributed by atoms with van der Waals surface area (Å²) in [6.45, 7) is 0. The van der Waals surface area contributed by atoms with E-state index in [1.807, 2.05) is 4.83 Å². The van der Waals surface area contributed by atoms with Gasteiger partial charge in [0.05, 0.1) is 27.9 Å². The van der Waals surface area contributed by atoms with Crippen molar-refractivity contribution < 1.29 is 13.3 Å². The molecule has 0 radical (unpaired) electrons. The van der Waals surface area contributed by atoms with Crippen molar-refractivity contribution in [2.24, 2.45) is 5.10 Å². The molecule has 2 aromatic carbocycles. The van der Waals surface area contributed by atoms with E-state index < -0.39 is 14.9 Å². The van der Waals surface area contributed by atoms with Crippen LogP contribution in [0, 0.1) is 10.1 Å². The van der Waals surface area contributed by atoms with Crippen LogP contribution in [-0.2, 0) is 10.0 Å². The van der Waals surface area contributed by atoms with Gasteiger partial charge in [0.15, 0.2) is 0 Å². The number of rotatable bonds is 6. The highest BCUT2D eigenvalue weighted by atomic mass is 35.5. The Labute approximate surface area is 158 Å². The first-order valence-electron chi connectivity index (χ1n) is 7.45. The zero-order chi connectivity index (χ0) is 19.4. The van der Waals surface area contributed by atoms with Crippen LogP contribution in [0.2, 0.25) is 5.02 Å². The number of hydrogen-bond acceptors (Lipinski definition) is 6. The van der Waals surface area contributed by atoms with E-state index in [-0.39, 0.29) is 10.6 Å². The molecule has 3 aromatic rings. The highest BCUT2D eigenvalue weighted by molar-refractivity contribution is 7.89. The molecule has 0 saturated heterocycles. The minimum atomic E-state index is -4.05. The van der Waals surface area contributed by atoms with Crippen molar-refractivity contribution in [3.8, 4) is 11.3 Å². The van der Waals surface area contributed by atoms with Crippen molar-refractivity contribution in [2.75, 3.05) is 0 Å². The Kier molecular flexibility index (Phi) is 5.19. The summed E-state index contributed by atoms with van der Waals surface area (Å²) in [5.74, 6) is 0. The normalized spacial score (nSPS) is 11.6. The quantitative estimate of drug-likeness (QED) is 0.370. The van der Waals surface area contributed by atoms with Gasteiger partial charge < -0.3 is 0 Å². The van der Waals surface area contributed by atoms with Gasteiger partial charge in [0, 0.05) is 28.3 Å². The Balaban J connectivity index is 1.80. The monoisotopic (exact) mass is 405 g/mol. The molecule has 0 unspecified atom stereocenters. The molecule has 0 aliphatic heterocycles. The summed E-state index contributed by atoms with van der Waals surface area (Å²) >= 11 is 5.86. The third-order valence-corrected chi connectivity index (χ3v) is 4.99. The molecule has 11 heteroatoms. The van der Waals surface area contributed by atoms with E-state index in [0.29, 0.717) is 16.3 Å². The molecule has 3 rings (SSSR count). The van der Waals surface area contributed by atoms with Crippen molar-refractivity contribution in [1.29, 1.82) is 0 Å². The molecule has 0 aliphatic carbocycles. The van der Waals surface area contributed by atoms with Gasteiger partial charge in [-0.3, -0.25) is 15.2 Å². The SMILES string of the molecule is O=[N+]([O-])c1cccc(S(=O)(=O)NN=Cc2cn[nH]c2-c2ccc(Cl)cc2)c1. The maximum atomic E-state index is 12.2. The van der Waals surface area contributed by atoms with Gasteiger partial charge in [0.1, 0.15) is 0 Å². The van der Waals surface area contributed by atoms with Gasteiger partial charge in [-0.15, -0.1) is 0 Å². The number of halogens is 1. The standard InChI is InChI=1S/C16H12ClN5O4S/c17-13-6-4-11(5-7-13)16-12(9-18-20-16)10-19-21-27(25,26)15-3-1-2-14(8-15)22(23)24/h1-10,21H,(H,18,20). The second kappa shape index (κ2) is 7.56. The molecule has 0 fully saturated rings. The van der Waals surface area contributed by atoms with Crippen molar-refractivity contribution >= 4 is 33.5 Å². The van der Waals surface area contributed by atoms with Crippen LogP contribution in [0.1, 0.15) is 5.56 Å². The largest absolute Gasteiger partial charge is 0.277 e. The fourth-order valence-corrected chi connectivity index (χ4v) is 3.18. The van der Waals surface area contributed by atoms with E-state index in [1.54, 1.807) is 24.3 Å². The van der Waals surface area contributed by atoms with Crippen molar-refractivity contribution in [2.45, 2.75) is 4.90 Å². The summed E-state index contributed by atoms with van der Waals surface area (Å²) < 4.78 is 24.5. The zero-order valence-corrected chi connectivity index (χ0v) is 15.1. The number of aromatic nitrogens is 2. The van der Waals surface area contributed by atoms with Crippen LogP contribution in [0.3, 0.4) is 0 Å². The van der Waals surface area contributed by atoms with Crippen LogP contribution in [0.15, 0.2) is 64.7 Å². The average Bonchev–Trinajstić information content (AvgIpc) is 3.11. The molecule has 1 aromatic heterocycles. The first-order chi connectivity index (χ1) is 12.9. The fraction of sp³-hybridized carbons (Fsp3) is 0. The Bertz CT molecular complexity index is 1110. The van der Waals surface area contributed by atoms with Gasteiger partial charge in [-0.1, -0.05) is 29.8 Å². The van der Waals surface area contributed by atoms with Crippen LogP contribution < -0.4 is 4.83 Å². The molecule has 9 nitrogen and oxygen atoms in total. The molecule has 0 saturated carbocycles. The van der Waals surface area contributed by atoms with E-state index in [4.69, 9.17) is 11.6 Å².